The Hall–Kier alpha value is -0.860. The van der Waals surface area contributed by atoms with Gasteiger partial charge in [0.2, 0.25) is 0 Å². The summed E-state index contributed by atoms with van der Waals surface area (Å²) in [5.74, 6) is 5.69. The van der Waals surface area contributed by atoms with Gasteiger partial charge in [-0.1, -0.05) is 77.6 Å². The van der Waals surface area contributed by atoms with Gasteiger partial charge in [0.05, 0.1) is 0 Å². The number of hydrogen-bond acceptors (Lipinski definition) is 2. The standard InChI is InChI=1S/C17H30N2/c1-5-6-7-8-9-16(19-18)14-10-12-15(13-11-14)17(2,3)4/h10-13,16,19H,5-9,18H2,1-4H3. The van der Waals surface area contributed by atoms with E-state index in [0.29, 0.717) is 0 Å². The lowest BCUT2D eigenvalue weighted by Crippen LogP contribution is -2.28. The van der Waals surface area contributed by atoms with Gasteiger partial charge in [-0.2, -0.15) is 0 Å². The fraction of sp³-hybridized carbons (Fsp3) is 0.647. The van der Waals surface area contributed by atoms with Crippen molar-refractivity contribution in [3.8, 4) is 0 Å². The van der Waals surface area contributed by atoms with Crippen molar-refractivity contribution in [3.63, 3.8) is 0 Å². The van der Waals surface area contributed by atoms with Gasteiger partial charge < -0.3 is 0 Å². The highest BCUT2D eigenvalue weighted by molar-refractivity contribution is 5.29. The van der Waals surface area contributed by atoms with Crippen molar-refractivity contribution in [2.75, 3.05) is 0 Å². The first-order valence-corrected chi connectivity index (χ1v) is 7.55. The van der Waals surface area contributed by atoms with E-state index in [1.165, 1.54) is 36.8 Å². The van der Waals surface area contributed by atoms with Gasteiger partial charge >= 0.3 is 0 Å². The molecule has 0 radical (unpaired) electrons. The lowest BCUT2D eigenvalue weighted by molar-refractivity contribution is 0.481. The number of nitrogens with two attached hydrogens (primary N) is 1. The number of hydrazine groups is 1. The molecule has 3 N–H and O–H groups in total. The highest BCUT2D eigenvalue weighted by Gasteiger charge is 2.14. The fourth-order valence-corrected chi connectivity index (χ4v) is 2.34. The van der Waals surface area contributed by atoms with E-state index < -0.39 is 0 Å². The molecule has 1 atom stereocenters. The van der Waals surface area contributed by atoms with Crippen LogP contribution in [0.25, 0.3) is 0 Å². The second-order valence-corrected chi connectivity index (χ2v) is 6.44. The van der Waals surface area contributed by atoms with E-state index >= 15 is 0 Å². The molecule has 1 aromatic carbocycles. The van der Waals surface area contributed by atoms with E-state index in [2.05, 4.69) is 57.4 Å². The summed E-state index contributed by atoms with van der Waals surface area (Å²) >= 11 is 0. The lowest BCUT2D eigenvalue weighted by atomic mass is 9.86. The van der Waals surface area contributed by atoms with E-state index in [9.17, 15) is 0 Å². The van der Waals surface area contributed by atoms with Crippen LogP contribution in [0.2, 0.25) is 0 Å². The minimum atomic E-state index is 0.214. The average Bonchev–Trinajstić information content (AvgIpc) is 2.38. The Balaban J connectivity index is 2.61. The van der Waals surface area contributed by atoms with Crippen molar-refractivity contribution in [2.45, 2.75) is 71.3 Å². The van der Waals surface area contributed by atoms with E-state index in [4.69, 9.17) is 5.84 Å². The summed E-state index contributed by atoms with van der Waals surface area (Å²) in [6, 6.07) is 9.17. The monoisotopic (exact) mass is 262 g/mol. The van der Waals surface area contributed by atoms with E-state index in [1.54, 1.807) is 0 Å². The molecule has 0 saturated carbocycles. The number of nitrogens with one attached hydrogen (secondary N) is 1. The van der Waals surface area contributed by atoms with E-state index in [0.717, 1.165) is 6.42 Å². The molecule has 19 heavy (non-hydrogen) atoms. The van der Waals surface area contributed by atoms with Crippen LogP contribution in [0.15, 0.2) is 24.3 Å². The van der Waals surface area contributed by atoms with Crippen molar-refractivity contribution in [3.05, 3.63) is 35.4 Å². The summed E-state index contributed by atoms with van der Waals surface area (Å²) in [4.78, 5) is 0. The summed E-state index contributed by atoms with van der Waals surface area (Å²) in [6.45, 7) is 8.96. The van der Waals surface area contributed by atoms with E-state index in [-0.39, 0.29) is 11.5 Å². The first-order valence-electron chi connectivity index (χ1n) is 7.55. The Morgan fingerprint density at radius 1 is 1.05 bits per heavy atom. The molecule has 2 heteroatoms. The second kappa shape index (κ2) is 7.66. The second-order valence-electron chi connectivity index (χ2n) is 6.44. The van der Waals surface area contributed by atoms with Crippen LogP contribution in [-0.2, 0) is 5.41 Å². The predicted octanol–water partition coefficient (Wildman–Crippen LogP) is 4.46. The predicted molar refractivity (Wildman–Crippen MR) is 84.0 cm³/mol. The van der Waals surface area contributed by atoms with Crippen LogP contribution < -0.4 is 11.3 Å². The van der Waals surface area contributed by atoms with Crippen molar-refractivity contribution in [1.29, 1.82) is 0 Å². The molecule has 0 amide bonds. The van der Waals surface area contributed by atoms with Crippen molar-refractivity contribution in [2.24, 2.45) is 5.84 Å². The molecule has 0 bridgehead atoms. The summed E-state index contributed by atoms with van der Waals surface area (Å²) in [5.41, 5.74) is 5.84. The zero-order valence-corrected chi connectivity index (χ0v) is 13.0. The van der Waals surface area contributed by atoms with Gasteiger partial charge in [0, 0.05) is 6.04 Å². The Morgan fingerprint density at radius 2 is 1.68 bits per heavy atom. The first-order chi connectivity index (χ1) is 8.99. The molecule has 0 aliphatic carbocycles. The largest absolute Gasteiger partial charge is 0.271 e. The summed E-state index contributed by atoms with van der Waals surface area (Å²) in [7, 11) is 0. The van der Waals surface area contributed by atoms with Gasteiger partial charge in [-0.3, -0.25) is 11.3 Å². The third-order valence-electron chi connectivity index (χ3n) is 3.73. The first kappa shape index (κ1) is 16.2. The zero-order valence-electron chi connectivity index (χ0n) is 13.0. The molecule has 1 unspecified atom stereocenters. The minimum Gasteiger partial charge on any atom is -0.271 e. The minimum absolute atomic E-state index is 0.214. The summed E-state index contributed by atoms with van der Waals surface area (Å²) in [6.07, 6.45) is 6.26. The van der Waals surface area contributed by atoms with Crippen molar-refractivity contribution in [1.82, 2.24) is 5.43 Å². The third-order valence-corrected chi connectivity index (χ3v) is 3.73. The Bertz CT molecular complexity index is 349. The van der Waals surface area contributed by atoms with Crippen LogP contribution in [0.5, 0.6) is 0 Å². The molecule has 108 valence electrons. The molecule has 0 heterocycles. The molecule has 2 nitrogen and oxygen atoms in total. The molecular formula is C17H30N2. The van der Waals surface area contributed by atoms with Gasteiger partial charge in [-0.05, 0) is 23.0 Å². The smallest absolute Gasteiger partial charge is 0.0460 e. The SMILES string of the molecule is CCCCCCC(NN)c1ccc(C(C)(C)C)cc1. The topological polar surface area (TPSA) is 38.0 Å². The molecule has 0 spiro atoms. The number of rotatable bonds is 7. The highest BCUT2D eigenvalue weighted by Crippen LogP contribution is 2.25. The number of unbranched alkanes of at least 4 members (excludes halogenated alkanes) is 3. The van der Waals surface area contributed by atoms with Crippen LogP contribution in [-0.4, -0.2) is 0 Å². The Kier molecular flexibility index (Phi) is 6.53. The maximum Gasteiger partial charge on any atom is 0.0460 e. The molecule has 0 aromatic heterocycles. The average molecular weight is 262 g/mol. The van der Waals surface area contributed by atoms with Gasteiger partial charge in [-0.15, -0.1) is 0 Å². The van der Waals surface area contributed by atoms with Gasteiger partial charge in [0.15, 0.2) is 0 Å². The van der Waals surface area contributed by atoms with Crippen LogP contribution in [0, 0.1) is 0 Å². The Labute approximate surface area is 118 Å². The molecule has 0 fully saturated rings. The van der Waals surface area contributed by atoms with Crippen LogP contribution in [0.4, 0.5) is 0 Å². The Morgan fingerprint density at radius 3 is 2.16 bits per heavy atom. The molecule has 0 aliphatic rings. The molecule has 0 saturated heterocycles. The summed E-state index contributed by atoms with van der Waals surface area (Å²) < 4.78 is 0. The van der Waals surface area contributed by atoms with Crippen LogP contribution >= 0.6 is 0 Å². The van der Waals surface area contributed by atoms with Crippen LogP contribution in [0.3, 0.4) is 0 Å². The van der Waals surface area contributed by atoms with E-state index in [1.807, 2.05) is 0 Å². The maximum atomic E-state index is 5.69. The molecule has 1 rings (SSSR count). The molecule has 1 aromatic rings. The molecular weight excluding hydrogens is 232 g/mol. The summed E-state index contributed by atoms with van der Waals surface area (Å²) in [5, 5.41) is 0. The van der Waals surface area contributed by atoms with Crippen molar-refractivity contribution < 1.29 is 0 Å². The fourth-order valence-electron chi connectivity index (χ4n) is 2.34. The zero-order chi connectivity index (χ0) is 14.3. The third kappa shape index (κ3) is 5.33. The molecule has 0 aliphatic heterocycles. The lowest BCUT2D eigenvalue weighted by Gasteiger charge is -2.21. The number of benzene rings is 1. The quantitative estimate of drug-likeness (QED) is 0.432. The van der Waals surface area contributed by atoms with Crippen molar-refractivity contribution >= 4 is 0 Å². The maximum absolute atomic E-state index is 5.69. The van der Waals surface area contributed by atoms with Crippen LogP contribution in [0.1, 0.15) is 77.0 Å². The van der Waals surface area contributed by atoms with Gasteiger partial charge in [0.25, 0.3) is 0 Å². The highest BCUT2D eigenvalue weighted by atomic mass is 15.2. The normalized spacial score (nSPS) is 13.5. The van der Waals surface area contributed by atoms with Gasteiger partial charge in [-0.25, -0.2) is 0 Å². The van der Waals surface area contributed by atoms with Gasteiger partial charge in [0.1, 0.15) is 0 Å². The number of hydrogen-bond donors (Lipinski definition) is 2.